The van der Waals surface area contributed by atoms with E-state index in [2.05, 4.69) is 26.7 Å². The van der Waals surface area contributed by atoms with Gasteiger partial charge < -0.3 is 14.8 Å². The molecule has 0 bridgehead atoms. The molecule has 0 saturated carbocycles. The zero-order valence-corrected chi connectivity index (χ0v) is 11.5. The summed E-state index contributed by atoms with van der Waals surface area (Å²) in [6.45, 7) is 9.33. The highest BCUT2D eigenvalue weighted by molar-refractivity contribution is 4.76. The zero-order chi connectivity index (χ0) is 12.6. The number of rotatable bonds is 7. The van der Waals surface area contributed by atoms with Gasteiger partial charge in [-0.2, -0.15) is 0 Å². The molecule has 102 valence electrons. The van der Waals surface area contributed by atoms with E-state index in [1.54, 1.807) is 0 Å². The Hall–Kier alpha value is -0.870. The van der Waals surface area contributed by atoms with Gasteiger partial charge in [0.15, 0.2) is 0 Å². The lowest BCUT2D eigenvalue weighted by Gasteiger charge is -2.30. The molecular formula is C14H26N4. The largest absolute Gasteiger partial charge is 0.336 e. The van der Waals surface area contributed by atoms with Gasteiger partial charge in [-0.1, -0.05) is 6.92 Å². The molecule has 0 spiro atoms. The van der Waals surface area contributed by atoms with Crippen LogP contribution in [0.5, 0.6) is 0 Å². The van der Waals surface area contributed by atoms with Crippen LogP contribution in [0.1, 0.15) is 26.2 Å². The minimum Gasteiger partial charge on any atom is -0.336 e. The van der Waals surface area contributed by atoms with Crippen LogP contribution >= 0.6 is 0 Å². The first-order valence-electron chi connectivity index (χ1n) is 7.27. The zero-order valence-electron chi connectivity index (χ0n) is 11.5. The summed E-state index contributed by atoms with van der Waals surface area (Å²) in [5.41, 5.74) is 0. The van der Waals surface area contributed by atoms with Crippen LogP contribution < -0.4 is 5.32 Å². The van der Waals surface area contributed by atoms with Crippen molar-refractivity contribution in [2.24, 2.45) is 5.92 Å². The van der Waals surface area contributed by atoms with Gasteiger partial charge in [-0.25, -0.2) is 4.98 Å². The third-order valence-electron chi connectivity index (χ3n) is 3.69. The molecule has 1 aromatic heterocycles. The van der Waals surface area contributed by atoms with Crippen LogP contribution in [0, 0.1) is 5.92 Å². The van der Waals surface area contributed by atoms with Crippen LogP contribution in [-0.4, -0.2) is 47.2 Å². The molecule has 1 unspecified atom stereocenters. The Labute approximate surface area is 110 Å². The predicted molar refractivity (Wildman–Crippen MR) is 74.6 cm³/mol. The maximum absolute atomic E-state index is 4.10. The number of hydrogen-bond donors (Lipinski definition) is 1. The number of aromatic nitrogens is 2. The Bertz CT molecular complexity index is 304. The Morgan fingerprint density at radius 2 is 2.39 bits per heavy atom. The summed E-state index contributed by atoms with van der Waals surface area (Å²) >= 11 is 0. The molecule has 1 fully saturated rings. The maximum atomic E-state index is 4.10. The minimum atomic E-state index is 0.841. The SMILES string of the molecule is CCCN(CCn1ccnc1)CC1CCCNC1. The predicted octanol–water partition coefficient (Wildman–Crippen LogP) is 1.59. The summed E-state index contributed by atoms with van der Waals surface area (Å²) < 4.78 is 2.17. The van der Waals surface area contributed by atoms with Crippen LogP contribution in [-0.2, 0) is 6.54 Å². The summed E-state index contributed by atoms with van der Waals surface area (Å²) in [6, 6.07) is 0. The summed E-state index contributed by atoms with van der Waals surface area (Å²) in [4.78, 5) is 6.71. The highest BCUT2D eigenvalue weighted by Gasteiger charge is 2.16. The van der Waals surface area contributed by atoms with E-state index in [9.17, 15) is 0 Å². The molecule has 0 amide bonds. The number of piperidine rings is 1. The van der Waals surface area contributed by atoms with Gasteiger partial charge in [-0.3, -0.25) is 0 Å². The van der Waals surface area contributed by atoms with Crippen molar-refractivity contribution in [1.29, 1.82) is 0 Å². The lowest BCUT2D eigenvalue weighted by Crippen LogP contribution is -2.39. The summed E-state index contributed by atoms with van der Waals surface area (Å²) in [5.74, 6) is 0.841. The number of hydrogen-bond acceptors (Lipinski definition) is 3. The molecule has 0 aliphatic carbocycles. The van der Waals surface area contributed by atoms with Crippen LogP contribution in [0.25, 0.3) is 0 Å². The highest BCUT2D eigenvalue weighted by atomic mass is 15.2. The molecule has 1 saturated heterocycles. The number of nitrogens with zero attached hydrogens (tertiary/aromatic N) is 3. The molecule has 0 aromatic carbocycles. The maximum Gasteiger partial charge on any atom is 0.0946 e. The van der Waals surface area contributed by atoms with Gasteiger partial charge in [0.2, 0.25) is 0 Å². The molecule has 4 heteroatoms. The topological polar surface area (TPSA) is 33.1 Å². The molecular weight excluding hydrogens is 224 g/mol. The lowest BCUT2D eigenvalue weighted by molar-refractivity contribution is 0.202. The molecule has 2 rings (SSSR count). The van der Waals surface area contributed by atoms with Gasteiger partial charge in [-0.05, 0) is 44.8 Å². The quantitative estimate of drug-likeness (QED) is 0.798. The van der Waals surface area contributed by atoms with Crippen molar-refractivity contribution in [3.05, 3.63) is 18.7 Å². The van der Waals surface area contributed by atoms with Crippen molar-refractivity contribution in [2.75, 3.05) is 32.7 Å². The summed E-state index contributed by atoms with van der Waals surface area (Å²) in [6.07, 6.45) is 9.78. The van der Waals surface area contributed by atoms with Crippen molar-refractivity contribution < 1.29 is 0 Å². The smallest absolute Gasteiger partial charge is 0.0946 e. The van der Waals surface area contributed by atoms with E-state index < -0.39 is 0 Å². The van der Waals surface area contributed by atoms with Crippen molar-refractivity contribution in [3.8, 4) is 0 Å². The third-order valence-corrected chi connectivity index (χ3v) is 3.69. The van der Waals surface area contributed by atoms with Gasteiger partial charge >= 0.3 is 0 Å². The van der Waals surface area contributed by atoms with Gasteiger partial charge in [0.1, 0.15) is 0 Å². The first-order chi connectivity index (χ1) is 8.88. The van der Waals surface area contributed by atoms with E-state index in [-0.39, 0.29) is 0 Å². The summed E-state index contributed by atoms with van der Waals surface area (Å²) in [7, 11) is 0. The average Bonchev–Trinajstić information content (AvgIpc) is 2.91. The van der Waals surface area contributed by atoms with Crippen LogP contribution in [0.3, 0.4) is 0 Å². The van der Waals surface area contributed by atoms with E-state index in [4.69, 9.17) is 0 Å². The Morgan fingerprint density at radius 3 is 3.06 bits per heavy atom. The minimum absolute atomic E-state index is 0.841. The molecule has 1 N–H and O–H groups in total. The van der Waals surface area contributed by atoms with Crippen molar-refractivity contribution in [1.82, 2.24) is 19.8 Å². The fourth-order valence-corrected chi connectivity index (χ4v) is 2.73. The lowest BCUT2D eigenvalue weighted by atomic mass is 9.99. The number of nitrogens with one attached hydrogen (secondary N) is 1. The third kappa shape index (κ3) is 4.42. The van der Waals surface area contributed by atoms with Crippen LogP contribution in [0.2, 0.25) is 0 Å². The second-order valence-electron chi connectivity index (χ2n) is 5.31. The summed E-state index contributed by atoms with van der Waals surface area (Å²) in [5, 5.41) is 3.51. The van der Waals surface area contributed by atoms with Crippen LogP contribution in [0.15, 0.2) is 18.7 Å². The van der Waals surface area contributed by atoms with Gasteiger partial charge in [0.05, 0.1) is 6.33 Å². The molecule has 1 aliphatic rings. The van der Waals surface area contributed by atoms with E-state index in [1.165, 1.54) is 45.4 Å². The first-order valence-corrected chi connectivity index (χ1v) is 7.27. The van der Waals surface area contributed by atoms with Crippen molar-refractivity contribution >= 4 is 0 Å². The Morgan fingerprint density at radius 1 is 1.44 bits per heavy atom. The molecule has 18 heavy (non-hydrogen) atoms. The van der Waals surface area contributed by atoms with E-state index in [1.807, 2.05) is 18.7 Å². The Kier molecular flexibility index (Phi) is 5.68. The molecule has 1 atom stereocenters. The van der Waals surface area contributed by atoms with E-state index >= 15 is 0 Å². The molecule has 4 nitrogen and oxygen atoms in total. The van der Waals surface area contributed by atoms with Gasteiger partial charge in [0.25, 0.3) is 0 Å². The fourth-order valence-electron chi connectivity index (χ4n) is 2.73. The molecule has 0 radical (unpaired) electrons. The molecule has 1 aromatic rings. The second kappa shape index (κ2) is 7.54. The molecule has 2 heterocycles. The fraction of sp³-hybridized carbons (Fsp3) is 0.786. The standard InChI is InChI=1S/C14H26N4/c1-2-7-17(9-10-18-8-6-16-13-18)12-14-4-3-5-15-11-14/h6,8,13-15H,2-5,7,9-12H2,1H3. The van der Waals surface area contributed by atoms with Gasteiger partial charge in [-0.15, -0.1) is 0 Å². The Balaban J connectivity index is 1.75. The normalized spacial score (nSPS) is 20.4. The monoisotopic (exact) mass is 250 g/mol. The van der Waals surface area contributed by atoms with Gasteiger partial charge in [0, 0.05) is 32.0 Å². The van der Waals surface area contributed by atoms with Crippen LogP contribution in [0.4, 0.5) is 0 Å². The van der Waals surface area contributed by atoms with Crippen molar-refractivity contribution in [2.45, 2.75) is 32.7 Å². The first kappa shape index (κ1) is 13.6. The average molecular weight is 250 g/mol. The van der Waals surface area contributed by atoms with E-state index in [0.717, 1.165) is 19.0 Å². The second-order valence-corrected chi connectivity index (χ2v) is 5.31. The van der Waals surface area contributed by atoms with E-state index in [0.29, 0.717) is 0 Å². The van der Waals surface area contributed by atoms with Crippen molar-refractivity contribution in [3.63, 3.8) is 0 Å². The molecule has 1 aliphatic heterocycles. The number of imidazole rings is 1. The highest BCUT2D eigenvalue weighted by Crippen LogP contribution is 2.12.